The fourth-order valence-electron chi connectivity index (χ4n) is 2.88. The molecule has 0 bridgehead atoms. The van der Waals surface area contributed by atoms with Gasteiger partial charge in [-0.1, -0.05) is 25.7 Å². The molecular formula is C14H22N6O. The number of hydrogen-bond acceptors (Lipinski definition) is 6. The molecule has 0 amide bonds. The van der Waals surface area contributed by atoms with Crippen molar-refractivity contribution in [1.29, 1.82) is 0 Å². The van der Waals surface area contributed by atoms with E-state index in [2.05, 4.69) is 30.6 Å². The number of aromatic nitrogens is 4. The van der Waals surface area contributed by atoms with Crippen molar-refractivity contribution in [2.24, 2.45) is 0 Å². The summed E-state index contributed by atoms with van der Waals surface area (Å²) in [6.07, 6.45) is 7.89. The highest BCUT2D eigenvalue weighted by Gasteiger charge is 2.28. The maximum atomic E-state index is 10.7. The quantitative estimate of drug-likeness (QED) is 0.642. The van der Waals surface area contributed by atoms with E-state index in [1.165, 1.54) is 12.8 Å². The van der Waals surface area contributed by atoms with Crippen molar-refractivity contribution in [3.8, 4) is 0 Å². The Morgan fingerprint density at radius 1 is 1.24 bits per heavy atom. The van der Waals surface area contributed by atoms with E-state index in [1.54, 1.807) is 13.4 Å². The largest absolute Gasteiger partial charge is 0.388 e. The first-order chi connectivity index (χ1) is 10.2. The summed E-state index contributed by atoms with van der Waals surface area (Å²) in [7, 11) is 1.77. The van der Waals surface area contributed by atoms with Gasteiger partial charge in [-0.2, -0.15) is 9.97 Å². The van der Waals surface area contributed by atoms with Crippen LogP contribution in [0.1, 0.15) is 38.5 Å². The molecule has 1 aliphatic carbocycles. The number of aliphatic hydroxyl groups is 1. The highest BCUT2D eigenvalue weighted by atomic mass is 16.3. The molecule has 21 heavy (non-hydrogen) atoms. The molecule has 0 radical (unpaired) electrons. The molecule has 1 aliphatic rings. The van der Waals surface area contributed by atoms with Crippen molar-refractivity contribution < 1.29 is 5.11 Å². The number of nitrogens with zero attached hydrogens (tertiary/aromatic N) is 3. The van der Waals surface area contributed by atoms with Crippen LogP contribution < -0.4 is 10.6 Å². The molecule has 1 saturated carbocycles. The van der Waals surface area contributed by atoms with Crippen molar-refractivity contribution in [1.82, 2.24) is 19.9 Å². The second-order valence-corrected chi connectivity index (χ2v) is 5.74. The number of rotatable bonds is 4. The smallest absolute Gasteiger partial charge is 0.226 e. The number of aromatic amines is 1. The molecule has 0 spiro atoms. The van der Waals surface area contributed by atoms with Crippen LogP contribution in [-0.2, 0) is 0 Å². The molecule has 2 aromatic rings. The lowest BCUT2D eigenvalue weighted by molar-refractivity contribution is 0.0381. The Morgan fingerprint density at radius 2 is 2.00 bits per heavy atom. The number of H-pyrrole nitrogens is 1. The predicted molar refractivity (Wildman–Crippen MR) is 82.4 cm³/mol. The number of nitrogens with one attached hydrogen (secondary N) is 3. The van der Waals surface area contributed by atoms with Gasteiger partial charge in [0.2, 0.25) is 5.95 Å². The normalized spacial score (nSPS) is 18.4. The molecule has 4 N–H and O–H groups in total. The molecule has 7 heteroatoms. The first-order valence-corrected chi connectivity index (χ1v) is 7.55. The van der Waals surface area contributed by atoms with Crippen molar-refractivity contribution in [2.75, 3.05) is 24.2 Å². The Bertz CT molecular complexity index is 603. The topological polar surface area (TPSA) is 98.8 Å². The van der Waals surface area contributed by atoms with Crippen molar-refractivity contribution in [3.05, 3.63) is 6.33 Å². The van der Waals surface area contributed by atoms with E-state index < -0.39 is 5.60 Å². The summed E-state index contributed by atoms with van der Waals surface area (Å²) in [6.45, 7) is 0.501. The number of hydrogen-bond donors (Lipinski definition) is 4. The van der Waals surface area contributed by atoms with Crippen LogP contribution in [0.15, 0.2) is 6.33 Å². The zero-order chi connectivity index (χ0) is 14.7. The maximum Gasteiger partial charge on any atom is 0.226 e. The highest BCUT2D eigenvalue weighted by Crippen LogP contribution is 2.28. The fourth-order valence-corrected chi connectivity index (χ4v) is 2.88. The zero-order valence-corrected chi connectivity index (χ0v) is 12.3. The number of fused-ring (bicyclic) bond motifs is 1. The lowest BCUT2D eigenvalue weighted by Crippen LogP contribution is -2.36. The number of anilines is 2. The van der Waals surface area contributed by atoms with E-state index in [0.29, 0.717) is 24.0 Å². The minimum atomic E-state index is -0.645. The van der Waals surface area contributed by atoms with Crippen molar-refractivity contribution in [2.45, 2.75) is 44.1 Å². The van der Waals surface area contributed by atoms with Crippen molar-refractivity contribution in [3.63, 3.8) is 0 Å². The summed E-state index contributed by atoms with van der Waals surface area (Å²) in [5.74, 6) is 1.20. The molecule has 0 saturated heterocycles. The van der Waals surface area contributed by atoms with Crippen molar-refractivity contribution >= 4 is 22.9 Å². The van der Waals surface area contributed by atoms with Gasteiger partial charge in [0.1, 0.15) is 5.52 Å². The third-order valence-electron chi connectivity index (χ3n) is 4.13. The molecular weight excluding hydrogens is 268 g/mol. The molecule has 2 heterocycles. The highest BCUT2D eigenvalue weighted by molar-refractivity contribution is 5.83. The molecule has 3 rings (SSSR count). The lowest BCUT2D eigenvalue weighted by atomic mass is 9.94. The average Bonchev–Trinajstić information content (AvgIpc) is 2.86. The van der Waals surface area contributed by atoms with Crippen LogP contribution in [0.3, 0.4) is 0 Å². The summed E-state index contributed by atoms with van der Waals surface area (Å²) in [5.41, 5.74) is 0.740. The van der Waals surface area contributed by atoms with Gasteiger partial charge in [0.05, 0.1) is 11.9 Å². The van der Waals surface area contributed by atoms with Gasteiger partial charge in [-0.3, -0.25) is 0 Å². The van der Waals surface area contributed by atoms with E-state index in [0.717, 1.165) is 31.2 Å². The first-order valence-electron chi connectivity index (χ1n) is 7.55. The van der Waals surface area contributed by atoms with E-state index in [1.807, 2.05) is 0 Å². The minimum Gasteiger partial charge on any atom is -0.388 e. The Labute approximate surface area is 123 Å². The molecule has 0 atom stereocenters. The Morgan fingerprint density at radius 3 is 2.71 bits per heavy atom. The van der Waals surface area contributed by atoms with E-state index in [-0.39, 0.29) is 0 Å². The molecule has 7 nitrogen and oxygen atoms in total. The van der Waals surface area contributed by atoms with Crippen LogP contribution >= 0.6 is 0 Å². The van der Waals surface area contributed by atoms with Crippen LogP contribution in [0.5, 0.6) is 0 Å². The van der Waals surface area contributed by atoms with Gasteiger partial charge in [-0.05, 0) is 12.8 Å². The van der Waals surface area contributed by atoms with Crippen LogP contribution in [0.25, 0.3) is 11.2 Å². The summed E-state index contributed by atoms with van der Waals surface area (Å²) in [5, 5.41) is 16.9. The van der Waals surface area contributed by atoms with E-state index in [9.17, 15) is 5.11 Å². The molecule has 2 aromatic heterocycles. The Kier molecular flexibility index (Phi) is 3.92. The third-order valence-corrected chi connectivity index (χ3v) is 4.13. The van der Waals surface area contributed by atoms with Gasteiger partial charge in [0.15, 0.2) is 11.5 Å². The molecule has 114 valence electrons. The van der Waals surface area contributed by atoms with Gasteiger partial charge in [0, 0.05) is 13.6 Å². The molecule has 0 aliphatic heterocycles. The van der Waals surface area contributed by atoms with Gasteiger partial charge in [-0.25, -0.2) is 4.98 Å². The summed E-state index contributed by atoms with van der Waals surface area (Å²) in [6, 6.07) is 0. The zero-order valence-electron chi connectivity index (χ0n) is 12.3. The van der Waals surface area contributed by atoms with E-state index >= 15 is 0 Å². The monoisotopic (exact) mass is 290 g/mol. The first kappa shape index (κ1) is 14.1. The third kappa shape index (κ3) is 3.07. The second kappa shape index (κ2) is 5.85. The van der Waals surface area contributed by atoms with Crippen LogP contribution in [0.2, 0.25) is 0 Å². The summed E-state index contributed by atoms with van der Waals surface area (Å²) in [4.78, 5) is 15.9. The number of imidazole rings is 1. The Hall–Kier alpha value is -1.89. The maximum absolute atomic E-state index is 10.7. The van der Waals surface area contributed by atoms with Gasteiger partial charge >= 0.3 is 0 Å². The fraction of sp³-hybridized carbons (Fsp3) is 0.643. The molecule has 0 aromatic carbocycles. The van der Waals surface area contributed by atoms with Gasteiger partial charge < -0.3 is 20.7 Å². The standard InChI is InChI=1S/C14H22N6O/c1-15-13-19-11(10-12(20-13)18-9-17-10)16-8-14(21)6-4-2-3-5-7-14/h9,21H,2-8H2,1H3,(H3,15,16,17,18,19,20). The summed E-state index contributed by atoms with van der Waals surface area (Å²) < 4.78 is 0. The van der Waals surface area contributed by atoms with E-state index in [4.69, 9.17) is 0 Å². The van der Waals surface area contributed by atoms with Gasteiger partial charge in [-0.15, -0.1) is 0 Å². The SMILES string of the molecule is CNc1nc(NCC2(O)CCCCCC2)c2[nH]cnc2n1. The van der Waals surface area contributed by atoms with Crippen LogP contribution in [-0.4, -0.2) is 44.2 Å². The minimum absolute atomic E-state index is 0.501. The molecule has 0 unspecified atom stereocenters. The van der Waals surface area contributed by atoms with Crippen LogP contribution in [0.4, 0.5) is 11.8 Å². The summed E-state index contributed by atoms with van der Waals surface area (Å²) >= 11 is 0. The molecule has 1 fully saturated rings. The van der Waals surface area contributed by atoms with Crippen LogP contribution in [0, 0.1) is 0 Å². The van der Waals surface area contributed by atoms with Gasteiger partial charge in [0.25, 0.3) is 0 Å². The average molecular weight is 290 g/mol. The lowest BCUT2D eigenvalue weighted by Gasteiger charge is -2.27. The Balaban J connectivity index is 1.79. The predicted octanol–water partition coefficient (Wildman–Crippen LogP) is 1.89. The second-order valence-electron chi connectivity index (χ2n) is 5.74.